The van der Waals surface area contributed by atoms with Gasteiger partial charge >= 0.3 is 0 Å². The molecule has 26 heavy (non-hydrogen) atoms. The molecule has 3 rings (SSSR count). The van der Waals surface area contributed by atoms with Gasteiger partial charge in [-0.3, -0.25) is 4.79 Å². The molecule has 4 atom stereocenters. The van der Waals surface area contributed by atoms with E-state index in [1.807, 2.05) is 18.7 Å². The minimum Gasteiger partial charge on any atom is -0.411 e. The normalized spacial score (nSPS) is 34.1. The van der Waals surface area contributed by atoms with Gasteiger partial charge in [-0.15, -0.1) is 0 Å². The lowest BCUT2D eigenvalue weighted by atomic mass is 9.96. The highest BCUT2D eigenvalue weighted by Crippen LogP contribution is 2.47. The van der Waals surface area contributed by atoms with Crippen LogP contribution in [0.4, 0.5) is 0 Å². The van der Waals surface area contributed by atoms with Crippen molar-refractivity contribution in [3.05, 3.63) is 0 Å². The van der Waals surface area contributed by atoms with E-state index in [1.54, 1.807) is 0 Å². The average molecular weight is 384 g/mol. The molecule has 0 aromatic heterocycles. The standard InChI is InChI=1S/C20H37NO4Si/c1-12(2)26(13(3)4,14(5)6)25-15-9-10-17(22)21-11-16-19(18(15)21)24-20(7,8)23-16/h12-16,18-19H,9-11H2,1-8H3/t15-,16-,18?,19-/m1/s1. The minimum atomic E-state index is -2.01. The van der Waals surface area contributed by atoms with Crippen molar-refractivity contribution in [1.29, 1.82) is 0 Å². The fraction of sp³-hybridized carbons (Fsp3) is 0.950. The molecule has 0 N–H and O–H groups in total. The van der Waals surface area contributed by atoms with Crippen LogP contribution < -0.4 is 0 Å². The maximum atomic E-state index is 12.6. The van der Waals surface area contributed by atoms with E-state index in [-0.39, 0.29) is 30.3 Å². The summed E-state index contributed by atoms with van der Waals surface area (Å²) >= 11 is 0. The Bertz CT molecular complexity index is 526. The number of carbonyl (C=O) groups is 1. The summed E-state index contributed by atoms with van der Waals surface area (Å²) in [5.74, 6) is -0.352. The topological polar surface area (TPSA) is 48.0 Å². The molecule has 0 aromatic carbocycles. The molecule has 0 bridgehead atoms. The number of rotatable bonds is 5. The summed E-state index contributed by atoms with van der Waals surface area (Å²) in [7, 11) is -2.01. The number of hydrogen-bond acceptors (Lipinski definition) is 4. The average Bonchev–Trinajstić information content (AvgIpc) is 2.98. The predicted molar refractivity (Wildman–Crippen MR) is 104 cm³/mol. The largest absolute Gasteiger partial charge is 0.411 e. The molecule has 1 amide bonds. The quantitative estimate of drug-likeness (QED) is 0.672. The second-order valence-electron chi connectivity index (χ2n) is 9.69. The SMILES string of the molecule is CC(C)[Si](O[C@@H]1CCC(=O)N2C[C@H]3OC(C)(C)O[C@H]3C12)(C(C)C)C(C)C. The highest BCUT2D eigenvalue weighted by Gasteiger charge is 2.59. The van der Waals surface area contributed by atoms with Crippen LogP contribution in [0.2, 0.25) is 16.6 Å². The summed E-state index contributed by atoms with van der Waals surface area (Å²) in [6, 6.07) is -0.00819. The summed E-state index contributed by atoms with van der Waals surface area (Å²) in [6.07, 6.45) is 1.32. The number of hydrogen-bond donors (Lipinski definition) is 0. The van der Waals surface area contributed by atoms with Crippen LogP contribution in [0.5, 0.6) is 0 Å². The van der Waals surface area contributed by atoms with Gasteiger partial charge in [0.1, 0.15) is 12.2 Å². The lowest BCUT2D eigenvalue weighted by molar-refractivity contribution is -0.176. The second kappa shape index (κ2) is 6.87. The van der Waals surface area contributed by atoms with E-state index in [1.165, 1.54) is 0 Å². The zero-order valence-corrected chi connectivity index (χ0v) is 18.7. The molecule has 1 unspecified atom stereocenters. The maximum absolute atomic E-state index is 12.6. The maximum Gasteiger partial charge on any atom is 0.223 e. The van der Waals surface area contributed by atoms with Crippen molar-refractivity contribution in [2.75, 3.05) is 6.54 Å². The number of ether oxygens (including phenoxy) is 2. The van der Waals surface area contributed by atoms with Gasteiger partial charge in [-0.1, -0.05) is 41.5 Å². The first-order valence-electron chi connectivity index (χ1n) is 10.3. The summed E-state index contributed by atoms with van der Waals surface area (Å²) in [5.41, 5.74) is 1.59. The van der Waals surface area contributed by atoms with Gasteiger partial charge in [0.05, 0.1) is 18.7 Å². The number of carbonyl (C=O) groups excluding carboxylic acids is 1. The Balaban J connectivity index is 1.90. The van der Waals surface area contributed by atoms with Crippen LogP contribution in [-0.4, -0.2) is 55.8 Å². The smallest absolute Gasteiger partial charge is 0.223 e. The van der Waals surface area contributed by atoms with E-state index >= 15 is 0 Å². The van der Waals surface area contributed by atoms with Crippen LogP contribution in [0.3, 0.4) is 0 Å². The zero-order chi connectivity index (χ0) is 19.4. The molecular formula is C20H37NO4Si. The first-order valence-corrected chi connectivity index (χ1v) is 12.5. The number of amides is 1. The third kappa shape index (κ3) is 3.17. The van der Waals surface area contributed by atoms with Crippen molar-refractivity contribution in [3.63, 3.8) is 0 Å². The van der Waals surface area contributed by atoms with Gasteiger partial charge in [-0.25, -0.2) is 0 Å². The minimum absolute atomic E-state index is 0.00819. The van der Waals surface area contributed by atoms with Gasteiger partial charge in [-0.05, 0) is 36.9 Å². The number of piperidine rings is 1. The summed E-state index contributed by atoms with van der Waals surface area (Å²) < 4.78 is 19.4. The Morgan fingerprint density at radius 3 is 2.19 bits per heavy atom. The predicted octanol–water partition coefficient (Wildman–Crippen LogP) is 4.07. The van der Waals surface area contributed by atoms with Gasteiger partial charge < -0.3 is 18.8 Å². The van der Waals surface area contributed by atoms with Crippen molar-refractivity contribution in [1.82, 2.24) is 4.90 Å². The van der Waals surface area contributed by atoms with E-state index in [0.717, 1.165) is 6.42 Å². The summed E-state index contributed by atoms with van der Waals surface area (Å²) in [4.78, 5) is 14.5. The molecule has 0 saturated carbocycles. The first-order chi connectivity index (χ1) is 12.0. The van der Waals surface area contributed by atoms with Gasteiger partial charge in [0, 0.05) is 6.42 Å². The fourth-order valence-corrected chi connectivity index (χ4v) is 11.4. The molecule has 3 heterocycles. The van der Waals surface area contributed by atoms with Crippen LogP contribution >= 0.6 is 0 Å². The van der Waals surface area contributed by atoms with Gasteiger partial charge in [0.15, 0.2) is 5.79 Å². The molecule has 150 valence electrons. The Kier molecular flexibility index (Phi) is 5.36. The van der Waals surface area contributed by atoms with Crippen LogP contribution in [0.15, 0.2) is 0 Å². The summed E-state index contributed by atoms with van der Waals surface area (Å²) in [5, 5.41) is 0. The molecule has 0 aromatic rings. The molecule has 5 nitrogen and oxygen atoms in total. The van der Waals surface area contributed by atoms with Crippen LogP contribution in [0.1, 0.15) is 68.2 Å². The number of nitrogens with zero attached hydrogens (tertiary/aromatic N) is 1. The zero-order valence-electron chi connectivity index (χ0n) is 17.7. The molecule has 0 spiro atoms. The van der Waals surface area contributed by atoms with Crippen LogP contribution in [0.25, 0.3) is 0 Å². The van der Waals surface area contributed by atoms with E-state index in [4.69, 9.17) is 13.9 Å². The van der Waals surface area contributed by atoms with Gasteiger partial charge in [0.25, 0.3) is 0 Å². The molecule has 0 aliphatic carbocycles. The highest BCUT2D eigenvalue weighted by atomic mass is 28.4. The molecule has 3 aliphatic rings. The second-order valence-corrected chi connectivity index (χ2v) is 15.1. The molecule has 3 saturated heterocycles. The molecule has 6 heteroatoms. The Hall–Kier alpha value is -0.433. The lowest BCUT2D eigenvalue weighted by Crippen LogP contribution is -2.59. The fourth-order valence-electron chi connectivity index (χ4n) is 5.85. The Morgan fingerprint density at radius 2 is 1.65 bits per heavy atom. The van der Waals surface area contributed by atoms with Crippen LogP contribution in [-0.2, 0) is 18.7 Å². The Labute approximate surface area is 159 Å². The first kappa shape index (κ1) is 20.3. The monoisotopic (exact) mass is 383 g/mol. The van der Waals surface area contributed by atoms with Crippen molar-refractivity contribution in [2.45, 2.75) is 115 Å². The van der Waals surface area contributed by atoms with Crippen molar-refractivity contribution >= 4 is 14.2 Å². The molecule has 3 fully saturated rings. The van der Waals surface area contributed by atoms with Crippen molar-refractivity contribution in [2.24, 2.45) is 0 Å². The Morgan fingerprint density at radius 1 is 1.08 bits per heavy atom. The number of fused-ring (bicyclic) bond motifs is 3. The molecular weight excluding hydrogens is 346 g/mol. The van der Waals surface area contributed by atoms with Crippen molar-refractivity contribution in [3.8, 4) is 0 Å². The van der Waals surface area contributed by atoms with Crippen LogP contribution in [0, 0.1) is 0 Å². The summed E-state index contributed by atoms with van der Waals surface area (Å²) in [6.45, 7) is 18.4. The van der Waals surface area contributed by atoms with E-state index < -0.39 is 14.1 Å². The lowest BCUT2D eigenvalue weighted by Gasteiger charge is -2.48. The molecule has 0 radical (unpaired) electrons. The van der Waals surface area contributed by atoms with E-state index in [0.29, 0.717) is 29.6 Å². The third-order valence-corrected chi connectivity index (χ3v) is 12.8. The highest BCUT2D eigenvalue weighted by molar-refractivity contribution is 6.77. The molecule has 3 aliphatic heterocycles. The van der Waals surface area contributed by atoms with E-state index in [9.17, 15) is 4.79 Å². The van der Waals surface area contributed by atoms with E-state index in [2.05, 4.69) is 41.5 Å². The van der Waals surface area contributed by atoms with Gasteiger partial charge in [0.2, 0.25) is 14.2 Å². The van der Waals surface area contributed by atoms with Gasteiger partial charge in [-0.2, -0.15) is 0 Å². The third-order valence-electron chi connectivity index (χ3n) is 6.70. The van der Waals surface area contributed by atoms with Crippen molar-refractivity contribution < 1.29 is 18.7 Å².